The normalized spacial score (nSPS) is 10.2. The zero-order chi connectivity index (χ0) is 9.26. The van der Waals surface area contributed by atoms with Crippen molar-refractivity contribution in [1.82, 2.24) is 20.1 Å². The van der Waals surface area contributed by atoms with Gasteiger partial charge in [0.1, 0.15) is 5.52 Å². The summed E-state index contributed by atoms with van der Waals surface area (Å²) in [5.74, 6) is 0. The molecule has 2 amide bonds. The minimum atomic E-state index is -0.211. The maximum absolute atomic E-state index is 5.13. The van der Waals surface area contributed by atoms with Gasteiger partial charge >= 0.3 is 6.03 Å². The molecule has 2 aromatic rings. The van der Waals surface area contributed by atoms with Crippen LogP contribution in [0.5, 0.6) is 0 Å². The molecule has 2 rings (SSSR count). The van der Waals surface area contributed by atoms with E-state index in [0.717, 1.165) is 4.85 Å². The average molecular weight is 179 g/mol. The van der Waals surface area contributed by atoms with E-state index in [4.69, 9.17) is 16.0 Å². The third-order valence-corrected chi connectivity index (χ3v) is 1.37. The third-order valence-electron chi connectivity index (χ3n) is 1.37. The molecule has 2 aromatic heterocycles. The van der Waals surface area contributed by atoms with Gasteiger partial charge in [-0.2, -0.15) is 0 Å². The summed E-state index contributed by atoms with van der Waals surface area (Å²) in [5.41, 5.74) is 11.3. The molecule has 0 aliphatic carbocycles. The summed E-state index contributed by atoms with van der Waals surface area (Å²) < 4.78 is 4.82. The van der Waals surface area contributed by atoms with Crippen LogP contribution in [-0.2, 0) is 0 Å². The van der Waals surface area contributed by atoms with Crippen LogP contribution >= 0.6 is 0 Å². The SMILES string of the molecule is NC(N)=[O+]n1nnc2cccnc21. The number of fused-ring (bicyclic) bond motifs is 1. The van der Waals surface area contributed by atoms with E-state index in [1.165, 1.54) is 0 Å². The highest BCUT2D eigenvalue weighted by molar-refractivity contribution is 5.71. The molecule has 7 nitrogen and oxygen atoms in total. The van der Waals surface area contributed by atoms with Crippen molar-refractivity contribution in [3.8, 4) is 0 Å². The second kappa shape index (κ2) is 2.70. The Balaban J connectivity index is 2.65. The number of amides is 2. The van der Waals surface area contributed by atoms with Gasteiger partial charge in [-0.1, -0.05) is 0 Å². The Morgan fingerprint density at radius 1 is 1.46 bits per heavy atom. The number of hydrogen-bond acceptors (Lipinski definition) is 3. The molecule has 0 saturated heterocycles. The van der Waals surface area contributed by atoms with E-state index in [1.54, 1.807) is 18.3 Å². The summed E-state index contributed by atoms with van der Waals surface area (Å²) in [4.78, 5) is 5.04. The maximum Gasteiger partial charge on any atom is 0.545 e. The van der Waals surface area contributed by atoms with Crippen LogP contribution in [0.15, 0.2) is 18.3 Å². The molecule has 4 N–H and O–H groups in total. The number of pyridine rings is 1. The van der Waals surface area contributed by atoms with E-state index < -0.39 is 0 Å². The topological polar surface area (TPSA) is 107 Å². The molecule has 0 fully saturated rings. The summed E-state index contributed by atoms with van der Waals surface area (Å²) >= 11 is 0. The van der Waals surface area contributed by atoms with Gasteiger partial charge in [0.2, 0.25) is 0 Å². The van der Waals surface area contributed by atoms with Crippen LogP contribution < -0.4 is 11.5 Å². The highest BCUT2D eigenvalue weighted by Crippen LogP contribution is 2.06. The zero-order valence-corrected chi connectivity index (χ0v) is 6.58. The molecule has 0 atom stereocenters. The first-order valence-electron chi connectivity index (χ1n) is 3.50. The monoisotopic (exact) mass is 179 g/mol. The lowest BCUT2D eigenvalue weighted by atomic mass is 10.4. The first kappa shape index (κ1) is 7.47. The fraction of sp³-hybridized carbons (Fsp3) is 0. The lowest BCUT2D eigenvalue weighted by molar-refractivity contribution is -0.231. The van der Waals surface area contributed by atoms with E-state index in [9.17, 15) is 0 Å². The molecule has 13 heavy (non-hydrogen) atoms. The Morgan fingerprint density at radius 3 is 3.08 bits per heavy atom. The van der Waals surface area contributed by atoms with Crippen molar-refractivity contribution < 1.29 is 4.53 Å². The number of urea groups is 1. The average Bonchev–Trinajstić information content (AvgIpc) is 2.48. The van der Waals surface area contributed by atoms with Crippen LogP contribution in [-0.4, -0.2) is 26.2 Å². The number of rotatable bonds is 1. The first-order chi connectivity index (χ1) is 6.27. The number of primary amides is 2. The maximum atomic E-state index is 5.13. The highest BCUT2D eigenvalue weighted by Gasteiger charge is 2.12. The number of nitrogens with two attached hydrogens (primary N) is 2. The van der Waals surface area contributed by atoms with Crippen molar-refractivity contribution in [2.75, 3.05) is 0 Å². The lowest BCUT2D eigenvalue weighted by Crippen LogP contribution is -2.22. The summed E-state index contributed by atoms with van der Waals surface area (Å²) in [7, 11) is 0. The number of nitrogens with zero attached hydrogens (tertiary/aromatic N) is 4. The third kappa shape index (κ3) is 1.26. The van der Waals surface area contributed by atoms with Gasteiger partial charge in [0.25, 0.3) is 5.65 Å². The largest absolute Gasteiger partial charge is 0.545 e. The fourth-order valence-electron chi connectivity index (χ4n) is 0.906. The smallest absolute Gasteiger partial charge is 0.299 e. The number of carbonyl (C=O) groups excluding carboxylic acids is 1. The van der Waals surface area contributed by atoms with E-state index in [1.807, 2.05) is 0 Å². The minimum absolute atomic E-state index is 0.211. The van der Waals surface area contributed by atoms with Crippen molar-refractivity contribution in [3.63, 3.8) is 0 Å². The molecule has 2 heterocycles. The molecule has 0 saturated carbocycles. The number of aromatic nitrogens is 4. The summed E-state index contributed by atoms with van der Waals surface area (Å²) in [5, 5.41) is 7.41. The molecule has 0 radical (unpaired) electrons. The van der Waals surface area contributed by atoms with Crippen LogP contribution in [0.1, 0.15) is 0 Å². The molecular formula is C6H7N6O+. The molecule has 7 heteroatoms. The van der Waals surface area contributed by atoms with Gasteiger partial charge in [0, 0.05) is 11.4 Å². The molecule has 0 aliphatic rings. The van der Waals surface area contributed by atoms with Crippen LogP contribution in [0, 0.1) is 0 Å². The van der Waals surface area contributed by atoms with Gasteiger partial charge in [-0.15, -0.1) is 5.10 Å². The van der Waals surface area contributed by atoms with Crippen molar-refractivity contribution in [2.24, 2.45) is 11.5 Å². The molecule has 0 aromatic carbocycles. The highest BCUT2D eigenvalue weighted by atomic mass is 16.6. The fourth-order valence-corrected chi connectivity index (χ4v) is 0.906. The predicted molar refractivity (Wildman–Crippen MR) is 44.5 cm³/mol. The molecule has 0 unspecified atom stereocenters. The Kier molecular flexibility index (Phi) is 1.55. The molecule has 0 bridgehead atoms. The van der Waals surface area contributed by atoms with Crippen molar-refractivity contribution >= 4 is 17.2 Å². The predicted octanol–water partition coefficient (Wildman–Crippen LogP) is -0.837. The lowest BCUT2D eigenvalue weighted by Gasteiger charge is -1.80. The Bertz CT molecular complexity index is 457. The van der Waals surface area contributed by atoms with E-state index >= 15 is 0 Å². The standard InChI is InChI=1S/C6H7N6O/c7-6(8)13-12-5-4(10-11-12)2-1-3-9-5/h1-3H,7-8H2/q+1. The molecule has 0 spiro atoms. The van der Waals surface area contributed by atoms with Gasteiger partial charge in [-0.25, -0.2) is 4.98 Å². The second-order valence-electron chi connectivity index (χ2n) is 2.30. The van der Waals surface area contributed by atoms with E-state index in [0.29, 0.717) is 11.2 Å². The van der Waals surface area contributed by atoms with E-state index in [2.05, 4.69) is 15.3 Å². The molecule has 66 valence electrons. The quantitative estimate of drug-likeness (QED) is 0.557. The van der Waals surface area contributed by atoms with Gasteiger partial charge in [-0.3, -0.25) is 11.5 Å². The number of hydrogen-bond donors (Lipinski definition) is 2. The van der Waals surface area contributed by atoms with E-state index in [-0.39, 0.29) is 6.03 Å². The van der Waals surface area contributed by atoms with Gasteiger partial charge in [-0.05, 0) is 16.7 Å². The second-order valence-corrected chi connectivity index (χ2v) is 2.30. The Hall–Kier alpha value is -2.18. The van der Waals surface area contributed by atoms with Crippen LogP contribution in [0.3, 0.4) is 0 Å². The first-order valence-corrected chi connectivity index (χ1v) is 3.50. The van der Waals surface area contributed by atoms with Gasteiger partial charge in [0.15, 0.2) is 4.85 Å². The minimum Gasteiger partial charge on any atom is -0.299 e. The summed E-state index contributed by atoms with van der Waals surface area (Å²) in [6.45, 7) is 0. The molecule has 0 aliphatic heterocycles. The van der Waals surface area contributed by atoms with Crippen molar-refractivity contribution in [3.05, 3.63) is 18.3 Å². The Morgan fingerprint density at radius 2 is 2.31 bits per heavy atom. The van der Waals surface area contributed by atoms with Gasteiger partial charge < -0.3 is 0 Å². The van der Waals surface area contributed by atoms with Crippen LogP contribution in [0.4, 0.5) is 4.53 Å². The summed E-state index contributed by atoms with van der Waals surface area (Å²) in [6.07, 6.45) is 1.60. The Labute approximate surface area is 72.6 Å². The van der Waals surface area contributed by atoms with Gasteiger partial charge in [0.05, 0.1) is 0 Å². The van der Waals surface area contributed by atoms with Crippen LogP contribution in [0.25, 0.3) is 11.2 Å². The zero-order valence-electron chi connectivity index (χ0n) is 6.58. The van der Waals surface area contributed by atoms with Crippen LogP contribution in [0.2, 0.25) is 0 Å². The van der Waals surface area contributed by atoms with Crippen molar-refractivity contribution in [2.45, 2.75) is 0 Å². The molecular weight excluding hydrogens is 172 g/mol. The van der Waals surface area contributed by atoms with Crippen molar-refractivity contribution in [1.29, 1.82) is 0 Å². The summed E-state index contributed by atoms with van der Waals surface area (Å²) in [6, 6.07) is 3.29.